The number of hydrogen-bond acceptors (Lipinski definition) is 4. The molecule has 0 aromatic carbocycles. The average Bonchev–Trinajstić information content (AvgIpc) is 2.28. The van der Waals surface area contributed by atoms with E-state index in [9.17, 15) is 10.5 Å². The highest BCUT2D eigenvalue weighted by Gasteiger charge is 2.40. The van der Waals surface area contributed by atoms with Gasteiger partial charge >= 0.3 is 0 Å². The summed E-state index contributed by atoms with van der Waals surface area (Å²) in [5.41, 5.74) is -2.15. The molecule has 0 bridgehead atoms. The van der Waals surface area contributed by atoms with E-state index in [1.165, 1.54) is 0 Å². The zero-order valence-electron chi connectivity index (χ0n) is 13.0. The van der Waals surface area contributed by atoms with E-state index in [0.29, 0.717) is 0 Å². The molecule has 0 atom stereocenters. The van der Waals surface area contributed by atoms with Crippen molar-refractivity contribution >= 4 is 16.6 Å². The van der Waals surface area contributed by atoms with Crippen molar-refractivity contribution in [2.45, 2.75) is 50.5 Å². The van der Waals surface area contributed by atoms with Gasteiger partial charge < -0.3 is 8.85 Å². The lowest BCUT2D eigenvalue weighted by atomic mass is 9.91. The van der Waals surface area contributed by atoms with Crippen molar-refractivity contribution in [3.05, 3.63) is 24.3 Å². The molecule has 0 radical (unpaired) electrons. The fourth-order valence-corrected chi connectivity index (χ4v) is 4.34. The van der Waals surface area contributed by atoms with Crippen LogP contribution in [0.15, 0.2) is 24.3 Å². The van der Waals surface area contributed by atoms with Crippen LogP contribution in [0, 0.1) is 22.7 Å². The number of rotatable bonds is 4. The first kappa shape index (κ1) is 16.9. The van der Waals surface area contributed by atoms with Gasteiger partial charge in [0.2, 0.25) is 0 Å². The zero-order chi connectivity index (χ0) is 15.7. The van der Waals surface area contributed by atoms with Gasteiger partial charge in [-0.1, -0.05) is 0 Å². The highest BCUT2D eigenvalue weighted by Crippen LogP contribution is 2.31. The average molecular weight is 307 g/mol. The van der Waals surface area contributed by atoms with Crippen molar-refractivity contribution in [3.8, 4) is 12.1 Å². The predicted molar refractivity (Wildman–Crippen MR) is 83.8 cm³/mol. The molecule has 0 heterocycles. The highest BCUT2D eigenvalue weighted by atomic mass is 28.4. The van der Waals surface area contributed by atoms with Crippen LogP contribution in [-0.2, 0) is 8.85 Å². The summed E-state index contributed by atoms with van der Waals surface area (Å²) in [6.07, 6.45) is 6.59. The molecule has 0 aliphatic heterocycles. The molecule has 0 aromatic heterocycles. The topological polar surface area (TPSA) is 66.0 Å². The summed E-state index contributed by atoms with van der Waals surface area (Å²) in [6.45, 7) is 12.2. The molecular formula is C14H22N2O2Si2. The van der Waals surface area contributed by atoms with Gasteiger partial charge in [0.25, 0.3) is 0 Å². The fraction of sp³-hybridized carbons (Fsp3) is 0.571. The Balaban J connectivity index is 3.06. The standard InChI is InChI=1S/C14H22N2O2Si2/c1-19(2,3)17-13(11-15)7-9-14(12-16,10-8-13)18-20(4,5)6/h7-10H,1-6H3. The minimum absolute atomic E-state index is 1.08. The first-order chi connectivity index (χ1) is 8.95. The molecule has 0 unspecified atom stereocenters. The van der Waals surface area contributed by atoms with Crippen LogP contribution >= 0.6 is 0 Å². The summed E-state index contributed by atoms with van der Waals surface area (Å²) in [5.74, 6) is 0. The van der Waals surface area contributed by atoms with Gasteiger partial charge in [-0.25, -0.2) is 0 Å². The molecule has 4 nitrogen and oxygen atoms in total. The van der Waals surface area contributed by atoms with E-state index in [0.717, 1.165) is 0 Å². The first-order valence-corrected chi connectivity index (χ1v) is 13.4. The fourth-order valence-electron chi connectivity index (χ4n) is 1.95. The van der Waals surface area contributed by atoms with Crippen molar-refractivity contribution < 1.29 is 8.85 Å². The Hall–Kier alpha value is -1.19. The van der Waals surface area contributed by atoms with Gasteiger partial charge in [-0.2, -0.15) is 10.5 Å². The van der Waals surface area contributed by atoms with Crippen LogP contribution in [0.4, 0.5) is 0 Å². The van der Waals surface area contributed by atoms with Gasteiger partial charge in [0.1, 0.15) is 12.1 Å². The number of hydrogen-bond donors (Lipinski definition) is 0. The monoisotopic (exact) mass is 306 g/mol. The minimum atomic E-state index is -1.88. The second kappa shape index (κ2) is 5.30. The summed E-state index contributed by atoms with van der Waals surface area (Å²) in [6, 6.07) is 4.37. The molecule has 0 spiro atoms. The van der Waals surface area contributed by atoms with Crippen molar-refractivity contribution in [1.29, 1.82) is 10.5 Å². The summed E-state index contributed by atoms with van der Waals surface area (Å²) >= 11 is 0. The lowest BCUT2D eigenvalue weighted by Crippen LogP contribution is -2.45. The Bertz CT molecular complexity index is 453. The third kappa shape index (κ3) is 4.43. The third-order valence-corrected chi connectivity index (χ3v) is 4.36. The van der Waals surface area contributed by atoms with Gasteiger partial charge in [0.15, 0.2) is 27.8 Å². The second-order valence-electron chi connectivity index (χ2n) is 6.91. The lowest BCUT2D eigenvalue weighted by Gasteiger charge is -2.35. The van der Waals surface area contributed by atoms with Crippen LogP contribution in [0.2, 0.25) is 39.3 Å². The zero-order valence-corrected chi connectivity index (χ0v) is 15.0. The van der Waals surface area contributed by atoms with Gasteiger partial charge in [0, 0.05) is 0 Å². The number of nitriles is 2. The van der Waals surface area contributed by atoms with Crippen LogP contribution < -0.4 is 0 Å². The smallest absolute Gasteiger partial charge is 0.186 e. The van der Waals surface area contributed by atoms with E-state index in [4.69, 9.17) is 8.85 Å². The van der Waals surface area contributed by atoms with Gasteiger partial charge in [0.05, 0.1) is 0 Å². The van der Waals surface area contributed by atoms with E-state index in [2.05, 4.69) is 12.1 Å². The van der Waals surface area contributed by atoms with Gasteiger partial charge in [-0.05, 0) is 63.6 Å². The normalized spacial score (nSPS) is 29.8. The van der Waals surface area contributed by atoms with E-state index in [1.807, 2.05) is 39.3 Å². The highest BCUT2D eigenvalue weighted by molar-refractivity contribution is 6.70. The molecule has 1 rings (SSSR count). The van der Waals surface area contributed by atoms with Crippen molar-refractivity contribution in [1.82, 2.24) is 0 Å². The maximum Gasteiger partial charge on any atom is 0.186 e. The maximum atomic E-state index is 9.41. The first-order valence-electron chi connectivity index (χ1n) is 6.59. The summed E-state index contributed by atoms with van der Waals surface area (Å²) in [5, 5.41) is 18.8. The molecule has 0 aromatic rings. The Labute approximate surface area is 123 Å². The second-order valence-corrected chi connectivity index (χ2v) is 15.8. The molecule has 20 heavy (non-hydrogen) atoms. The number of nitrogens with zero attached hydrogens (tertiary/aromatic N) is 2. The predicted octanol–water partition coefficient (Wildman–Crippen LogP) is 3.34. The molecule has 0 fully saturated rings. The van der Waals surface area contributed by atoms with Crippen molar-refractivity contribution in [2.24, 2.45) is 0 Å². The van der Waals surface area contributed by atoms with Crippen LogP contribution in [-0.4, -0.2) is 27.8 Å². The van der Waals surface area contributed by atoms with E-state index in [1.54, 1.807) is 24.3 Å². The third-order valence-electron chi connectivity index (χ3n) is 2.46. The molecule has 0 saturated carbocycles. The van der Waals surface area contributed by atoms with E-state index in [-0.39, 0.29) is 0 Å². The molecule has 108 valence electrons. The quantitative estimate of drug-likeness (QED) is 0.590. The Morgan fingerprint density at radius 1 is 0.700 bits per heavy atom. The molecule has 6 heteroatoms. The summed E-state index contributed by atoms with van der Waals surface area (Å²) in [4.78, 5) is 0. The minimum Gasteiger partial charge on any atom is -0.394 e. The van der Waals surface area contributed by atoms with Crippen LogP contribution in [0.25, 0.3) is 0 Å². The van der Waals surface area contributed by atoms with E-state index < -0.39 is 27.8 Å². The summed E-state index contributed by atoms with van der Waals surface area (Å²) in [7, 11) is -3.76. The van der Waals surface area contributed by atoms with Crippen LogP contribution in [0.3, 0.4) is 0 Å². The molecule has 0 N–H and O–H groups in total. The largest absolute Gasteiger partial charge is 0.394 e. The van der Waals surface area contributed by atoms with E-state index >= 15 is 0 Å². The molecule has 0 saturated heterocycles. The SMILES string of the molecule is C[Si](C)(C)OC1(C#N)C=CC(C#N)(O[Si](C)(C)C)C=C1. The van der Waals surface area contributed by atoms with Crippen molar-refractivity contribution in [2.75, 3.05) is 0 Å². The Morgan fingerprint density at radius 2 is 0.950 bits per heavy atom. The van der Waals surface area contributed by atoms with Crippen molar-refractivity contribution in [3.63, 3.8) is 0 Å². The molecule has 0 amide bonds. The molecular weight excluding hydrogens is 284 g/mol. The van der Waals surface area contributed by atoms with Crippen LogP contribution in [0.5, 0.6) is 0 Å². The lowest BCUT2D eigenvalue weighted by molar-refractivity contribution is 0.187. The van der Waals surface area contributed by atoms with Gasteiger partial charge in [-0.3, -0.25) is 0 Å². The molecule has 1 aliphatic carbocycles. The van der Waals surface area contributed by atoms with Gasteiger partial charge in [-0.15, -0.1) is 0 Å². The Kier molecular flexibility index (Phi) is 4.47. The summed E-state index contributed by atoms with van der Waals surface area (Å²) < 4.78 is 11.9. The van der Waals surface area contributed by atoms with Crippen LogP contribution in [0.1, 0.15) is 0 Å². The molecule has 1 aliphatic rings. The Morgan fingerprint density at radius 3 is 1.10 bits per heavy atom. The maximum absolute atomic E-state index is 9.41.